The van der Waals surface area contributed by atoms with Gasteiger partial charge in [0.2, 0.25) is 0 Å². The van der Waals surface area contributed by atoms with Crippen molar-refractivity contribution in [2.24, 2.45) is 0 Å². The number of halogens is 2. The summed E-state index contributed by atoms with van der Waals surface area (Å²) in [5.41, 5.74) is 2.64. The Kier molecular flexibility index (Phi) is 5.44. The number of carbonyl (C=O) groups is 3. The van der Waals surface area contributed by atoms with E-state index < -0.39 is 17.8 Å². The fourth-order valence-electron chi connectivity index (χ4n) is 3.16. The number of aryl methyl sites for hydroxylation is 1. The molecule has 1 aromatic heterocycles. The van der Waals surface area contributed by atoms with Gasteiger partial charge in [-0.25, -0.2) is 9.69 Å². The Balaban J connectivity index is 1.74. The van der Waals surface area contributed by atoms with Crippen LogP contribution in [0.3, 0.4) is 0 Å². The quantitative estimate of drug-likeness (QED) is 0.385. The van der Waals surface area contributed by atoms with Gasteiger partial charge in [-0.15, -0.1) is 0 Å². The Hall–Kier alpha value is -2.97. The highest BCUT2D eigenvalue weighted by Gasteiger charge is 2.37. The Morgan fingerprint density at radius 1 is 0.933 bits per heavy atom. The summed E-state index contributed by atoms with van der Waals surface area (Å²) in [6, 6.07) is 15.6. The molecule has 0 atom stereocenters. The number of barbiturate groups is 1. The molecular formula is C22H15Br2N3O3. The van der Waals surface area contributed by atoms with Crippen LogP contribution in [0, 0.1) is 6.92 Å². The van der Waals surface area contributed by atoms with Crippen molar-refractivity contribution in [1.82, 2.24) is 9.88 Å². The molecule has 2 heterocycles. The van der Waals surface area contributed by atoms with Crippen LogP contribution in [0.4, 0.5) is 10.5 Å². The molecule has 0 bridgehead atoms. The smallest absolute Gasteiger partial charge is 0.317 e. The Morgan fingerprint density at radius 3 is 2.33 bits per heavy atom. The zero-order valence-corrected chi connectivity index (χ0v) is 18.9. The van der Waals surface area contributed by atoms with Gasteiger partial charge in [0.1, 0.15) is 5.57 Å². The minimum absolute atomic E-state index is 0.118. The highest BCUT2D eigenvalue weighted by atomic mass is 79.9. The highest BCUT2D eigenvalue weighted by Crippen LogP contribution is 2.27. The largest absolute Gasteiger partial charge is 0.335 e. The number of rotatable bonds is 3. The fourth-order valence-corrected chi connectivity index (χ4v) is 3.67. The van der Waals surface area contributed by atoms with E-state index >= 15 is 0 Å². The van der Waals surface area contributed by atoms with Crippen molar-refractivity contribution in [3.05, 3.63) is 86.6 Å². The Labute approximate surface area is 189 Å². The minimum Gasteiger partial charge on any atom is -0.317 e. The molecule has 1 N–H and O–H groups in total. The standard InChI is InChI=1S/C22H15Br2N3O3/c1-13-11-17(8-9-19(13)24)27-21(29)18(20(28)25-22(27)30)12-16-3-2-10-26(16)15-6-4-14(23)5-7-15/h2-12H,1H3,(H,25,28,30). The zero-order chi connectivity index (χ0) is 21.4. The number of urea groups is 1. The van der Waals surface area contributed by atoms with Gasteiger partial charge in [-0.05, 0) is 73.2 Å². The van der Waals surface area contributed by atoms with Gasteiger partial charge in [0.25, 0.3) is 11.8 Å². The number of benzene rings is 2. The lowest BCUT2D eigenvalue weighted by molar-refractivity contribution is -0.122. The van der Waals surface area contributed by atoms with E-state index in [2.05, 4.69) is 37.2 Å². The van der Waals surface area contributed by atoms with E-state index in [0.717, 1.165) is 25.1 Å². The Bertz CT molecular complexity index is 1210. The van der Waals surface area contributed by atoms with Crippen molar-refractivity contribution >= 4 is 61.5 Å². The summed E-state index contributed by atoms with van der Waals surface area (Å²) in [4.78, 5) is 38.9. The van der Waals surface area contributed by atoms with E-state index in [-0.39, 0.29) is 5.57 Å². The number of anilines is 1. The molecule has 0 unspecified atom stereocenters. The zero-order valence-electron chi connectivity index (χ0n) is 15.7. The second-order valence-corrected chi connectivity index (χ2v) is 8.44. The van der Waals surface area contributed by atoms with E-state index in [9.17, 15) is 14.4 Å². The molecular weight excluding hydrogens is 514 g/mol. The molecule has 150 valence electrons. The van der Waals surface area contributed by atoms with E-state index in [4.69, 9.17) is 0 Å². The minimum atomic E-state index is -0.771. The number of imide groups is 2. The van der Waals surface area contributed by atoms with Crippen LogP contribution in [-0.4, -0.2) is 22.4 Å². The summed E-state index contributed by atoms with van der Waals surface area (Å²) in [6.07, 6.45) is 3.33. The molecule has 1 aliphatic rings. The van der Waals surface area contributed by atoms with Gasteiger partial charge in [0.05, 0.1) is 5.69 Å². The predicted molar refractivity (Wildman–Crippen MR) is 121 cm³/mol. The lowest BCUT2D eigenvalue weighted by Gasteiger charge is -2.26. The van der Waals surface area contributed by atoms with Gasteiger partial charge in [0.15, 0.2) is 0 Å². The molecule has 8 heteroatoms. The molecule has 1 fully saturated rings. The average Bonchev–Trinajstić information content (AvgIpc) is 3.16. The van der Waals surface area contributed by atoms with Gasteiger partial charge >= 0.3 is 6.03 Å². The van der Waals surface area contributed by atoms with Crippen LogP contribution in [0.2, 0.25) is 0 Å². The van der Waals surface area contributed by atoms with Crippen LogP contribution < -0.4 is 10.2 Å². The molecule has 6 nitrogen and oxygen atoms in total. The third kappa shape index (κ3) is 3.76. The van der Waals surface area contributed by atoms with Crippen molar-refractivity contribution in [3.63, 3.8) is 0 Å². The lowest BCUT2D eigenvalue weighted by Crippen LogP contribution is -2.54. The van der Waals surface area contributed by atoms with E-state index in [0.29, 0.717) is 11.4 Å². The molecule has 4 amide bonds. The van der Waals surface area contributed by atoms with Crippen molar-refractivity contribution < 1.29 is 14.4 Å². The molecule has 0 saturated carbocycles. The molecule has 1 saturated heterocycles. The van der Waals surface area contributed by atoms with E-state index in [1.54, 1.807) is 24.3 Å². The number of nitrogens with one attached hydrogen (secondary N) is 1. The van der Waals surface area contributed by atoms with Gasteiger partial charge in [-0.2, -0.15) is 0 Å². The number of carbonyl (C=O) groups excluding carboxylic acids is 3. The normalized spacial score (nSPS) is 15.6. The lowest BCUT2D eigenvalue weighted by atomic mass is 10.1. The van der Waals surface area contributed by atoms with Crippen molar-refractivity contribution in [1.29, 1.82) is 0 Å². The van der Waals surface area contributed by atoms with E-state index in [1.807, 2.05) is 48.0 Å². The number of aromatic nitrogens is 1. The number of hydrogen-bond acceptors (Lipinski definition) is 3. The first-order chi connectivity index (χ1) is 14.3. The summed E-state index contributed by atoms with van der Waals surface area (Å²) in [5, 5.41) is 2.25. The molecule has 0 radical (unpaired) electrons. The molecule has 3 aromatic rings. The summed E-state index contributed by atoms with van der Waals surface area (Å²) in [5.74, 6) is -1.40. The van der Waals surface area contributed by atoms with Crippen LogP contribution in [0.15, 0.2) is 75.3 Å². The Morgan fingerprint density at radius 2 is 1.63 bits per heavy atom. The predicted octanol–water partition coefficient (Wildman–Crippen LogP) is 4.98. The van der Waals surface area contributed by atoms with Crippen molar-refractivity contribution in [2.45, 2.75) is 6.92 Å². The van der Waals surface area contributed by atoms with Crippen molar-refractivity contribution in [2.75, 3.05) is 4.90 Å². The molecule has 30 heavy (non-hydrogen) atoms. The molecule has 2 aromatic carbocycles. The SMILES string of the molecule is Cc1cc(N2C(=O)NC(=O)C(=Cc3cccn3-c3ccc(Br)cc3)C2=O)ccc1Br. The third-order valence-electron chi connectivity index (χ3n) is 4.68. The van der Waals surface area contributed by atoms with Crippen molar-refractivity contribution in [3.8, 4) is 5.69 Å². The first-order valence-electron chi connectivity index (χ1n) is 8.96. The van der Waals surface area contributed by atoms with Crippen LogP contribution in [0.25, 0.3) is 11.8 Å². The number of hydrogen-bond donors (Lipinski definition) is 1. The molecule has 1 aliphatic heterocycles. The molecule has 0 spiro atoms. The topological polar surface area (TPSA) is 71.4 Å². The second-order valence-electron chi connectivity index (χ2n) is 6.67. The first kappa shape index (κ1) is 20.3. The van der Waals surface area contributed by atoms with Crippen LogP contribution in [0.1, 0.15) is 11.3 Å². The maximum atomic E-state index is 13.1. The summed E-state index contributed by atoms with van der Waals surface area (Å²) >= 11 is 6.81. The maximum absolute atomic E-state index is 13.1. The van der Waals surface area contributed by atoms with Gasteiger partial charge in [-0.3, -0.25) is 14.9 Å². The highest BCUT2D eigenvalue weighted by molar-refractivity contribution is 9.10. The number of nitrogens with zero attached hydrogens (tertiary/aromatic N) is 2. The van der Waals surface area contributed by atoms with E-state index in [1.165, 1.54) is 6.08 Å². The summed E-state index contributed by atoms with van der Waals surface area (Å²) in [6.45, 7) is 1.85. The van der Waals surface area contributed by atoms with Gasteiger partial charge < -0.3 is 4.57 Å². The van der Waals surface area contributed by atoms with Crippen LogP contribution >= 0.6 is 31.9 Å². The maximum Gasteiger partial charge on any atom is 0.335 e. The third-order valence-corrected chi connectivity index (χ3v) is 6.10. The second kappa shape index (κ2) is 8.04. The van der Waals surface area contributed by atoms with Gasteiger partial charge in [-0.1, -0.05) is 31.9 Å². The van der Waals surface area contributed by atoms with Gasteiger partial charge in [0, 0.05) is 26.5 Å². The first-order valence-corrected chi connectivity index (χ1v) is 10.5. The monoisotopic (exact) mass is 527 g/mol. The fraction of sp³-hybridized carbons (Fsp3) is 0.0455. The van der Waals surface area contributed by atoms with Crippen LogP contribution in [-0.2, 0) is 9.59 Å². The van der Waals surface area contributed by atoms with Crippen LogP contribution in [0.5, 0.6) is 0 Å². The number of amides is 4. The summed E-state index contributed by atoms with van der Waals surface area (Å²) in [7, 11) is 0. The average molecular weight is 529 g/mol. The summed E-state index contributed by atoms with van der Waals surface area (Å²) < 4.78 is 3.65. The molecule has 0 aliphatic carbocycles. The molecule has 4 rings (SSSR count).